The van der Waals surface area contributed by atoms with Crippen LogP contribution >= 0.6 is 0 Å². The molecular weight excluding hydrogens is 438 g/mol. The number of nitrogens with zero attached hydrogens (tertiary/aromatic N) is 1. The summed E-state index contributed by atoms with van der Waals surface area (Å²) in [6.45, 7) is 12.3. The van der Waals surface area contributed by atoms with Crippen molar-refractivity contribution in [3.8, 4) is 0 Å². The molecule has 3 unspecified atom stereocenters. The van der Waals surface area contributed by atoms with E-state index in [1.54, 1.807) is 20.8 Å². The van der Waals surface area contributed by atoms with Gasteiger partial charge in [-0.05, 0) is 52.3 Å². The second kappa shape index (κ2) is 13.4. The van der Waals surface area contributed by atoms with Crippen molar-refractivity contribution < 1.29 is 34.1 Å². The summed E-state index contributed by atoms with van der Waals surface area (Å²) in [6.07, 6.45) is -0.839. The van der Waals surface area contributed by atoms with E-state index in [4.69, 9.17) is 9.47 Å². The standard InChI is InChI=1S/C26H41NO7/c1-7-27(8-2)15-21(28)17-33-22(29)19(3)14-26(6,23(30)31)18-25(4,5)24(32)34-16-20-12-10-9-11-13-20/h9-13,19,21,28H,7-8,14-18H2,1-6H3,(H,30,31). The van der Waals surface area contributed by atoms with Gasteiger partial charge in [-0.1, -0.05) is 51.1 Å². The molecule has 1 rings (SSSR count). The second-order valence-corrected chi connectivity index (χ2v) is 9.86. The smallest absolute Gasteiger partial charge is 0.311 e. The van der Waals surface area contributed by atoms with Crippen LogP contribution in [0.15, 0.2) is 30.3 Å². The Morgan fingerprint density at radius 1 is 1.03 bits per heavy atom. The molecule has 0 aliphatic heterocycles. The normalized spacial score (nSPS) is 15.3. The molecule has 0 saturated heterocycles. The fourth-order valence-corrected chi connectivity index (χ4v) is 4.11. The number of carboxylic acid groups (broad SMARTS) is 1. The third-order valence-electron chi connectivity index (χ3n) is 6.05. The van der Waals surface area contributed by atoms with Gasteiger partial charge < -0.3 is 24.6 Å². The van der Waals surface area contributed by atoms with Crippen LogP contribution in [-0.2, 0) is 30.5 Å². The Morgan fingerprint density at radius 2 is 1.62 bits per heavy atom. The fraction of sp³-hybridized carbons (Fsp3) is 0.654. The van der Waals surface area contributed by atoms with E-state index < -0.39 is 40.8 Å². The quantitative estimate of drug-likeness (QED) is 0.368. The van der Waals surface area contributed by atoms with Gasteiger partial charge in [-0.3, -0.25) is 14.4 Å². The number of aliphatic hydroxyl groups is 1. The SMILES string of the molecule is CCN(CC)CC(O)COC(=O)C(C)CC(C)(CC(C)(C)C(=O)OCc1ccccc1)C(=O)O. The molecule has 8 heteroatoms. The molecule has 34 heavy (non-hydrogen) atoms. The monoisotopic (exact) mass is 479 g/mol. The number of hydrogen-bond acceptors (Lipinski definition) is 7. The number of aliphatic hydroxyl groups excluding tert-OH is 1. The first-order valence-corrected chi connectivity index (χ1v) is 11.9. The summed E-state index contributed by atoms with van der Waals surface area (Å²) >= 11 is 0. The lowest BCUT2D eigenvalue weighted by atomic mass is 9.70. The van der Waals surface area contributed by atoms with Crippen molar-refractivity contribution in [1.82, 2.24) is 4.90 Å². The van der Waals surface area contributed by atoms with Crippen molar-refractivity contribution in [2.75, 3.05) is 26.2 Å². The van der Waals surface area contributed by atoms with Gasteiger partial charge in [0, 0.05) is 6.54 Å². The van der Waals surface area contributed by atoms with E-state index in [-0.39, 0.29) is 26.1 Å². The Hall–Kier alpha value is -2.45. The summed E-state index contributed by atoms with van der Waals surface area (Å²) in [4.78, 5) is 39.4. The molecule has 1 aromatic rings. The molecule has 0 fully saturated rings. The number of hydrogen-bond donors (Lipinski definition) is 2. The lowest BCUT2D eigenvalue weighted by Crippen LogP contribution is -2.40. The molecule has 8 nitrogen and oxygen atoms in total. The Bertz CT molecular complexity index is 792. The molecule has 0 heterocycles. The highest BCUT2D eigenvalue weighted by Gasteiger charge is 2.44. The predicted molar refractivity (Wildman–Crippen MR) is 129 cm³/mol. The summed E-state index contributed by atoms with van der Waals surface area (Å²) in [5, 5.41) is 20.1. The number of rotatable bonds is 15. The maximum absolute atomic E-state index is 12.7. The highest BCUT2D eigenvalue weighted by atomic mass is 16.5. The first-order chi connectivity index (χ1) is 15.8. The number of likely N-dealkylation sites (N-methyl/N-ethyl adjacent to an activating group) is 1. The second-order valence-electron chi connectivity index (χ2n) is 9.86. The molecule has 0 aliphatic rings. The number of esters is 2. The largest absolute Gasteiger partial charge is 0.481 e. The minimum absolute atomic E-state index is 0.00877. The maximum Gasteiger partial charge on any atom is 0.311 e. The molecule has 0 bridgehead atoms. The van der Waals surface area contributed by atoms with Crippen molar-refractivity contribution in [2.24, 2.45) is 16.7 Å². The topological polar surface area (TPSA) is 113 Å². The van der Waals surface area contributed by atoms with Gasteiger partial charge in [-0.2, -0.15) is 0 Å². The van der Waals surface area contributed by atoms with Crippen molar-refractivity contribution in [3.05, 3.63) is 35.9 Å². The molecule has 0 aliphatic carbocycles. The number of benzene rings is 1. The Balaban J connectivity index is 2.71. The molecule has 2 N–H and O–H groups in total. The molecule has 0 spiro atoms. The Morgan fingerprint density at radius 3 is 2.15 bits per heavy atom. The minimum Gasteiger partial charge on any atom is -0.481 e. The number of ether oxygens (including phenoxy) is 2. The van der Waals surface area contributed by atoms with Gasteiger partial charge in [-0.15, -0.1) is 0 Å². The molecule has 0 amide bonds. The Kier molecular flexibility index (Phi) is 11.7. The van der Waals surface area contributed by atoms with E-state index in [1.807, 2.05) is 49.1 Å². The fourth-order valence-electron chi connectivity index (χ4n) is 4.11. The van der Waals surface area contributed by atoms with Crippen LogP contribution in [0.1, 0.15) is 59.9 Å². The summed E-state index contributed by atoms with van der Waals surface area (Å²) in [7, 11) is 0. The van der Waals surface area contributed by atoms with Gasteiger partial charge in [0.05, 0.1) is 16.7 Å². The van der Waals surface area contributed by atoms with E-state index in [2.05, 4.69) is 0 Å². The van der Waals surface area contributed by atoms with Gasteiger partial charge >= 0.3 is 17.9 Å². The van der Waals surface area contributed by atoms with Gasteiger partial charge in [0.15, 0.2) is 0 Å². The van der Waals surface area contributed by atoms with Gasteiger partial charge in [0.2, 0.25) is 0 Å². The Labute approximate surface area is 203 Å². The molecule has 0 saturated carbocycles. The molecular formula is C26H41NO7. The lowest BCUT2D eigenvalue weighted by molar-refractivity contribution is -0.162. The lowest BCUT2D eigenvalue weighted by Gasteiger charge is -2.34. The zero-order valence-corrected chi connectivity index (χ0v) is 21.4. The van der Waals surface area contributed by atoms with E-state index >= 15 is 0 Å². The average Bonchev–Trinajstić information content (AvgIpc) is 2.79. The number of carbonyl (C=O) groups excluding carboxylic acids is 2. The van der Waals surface area contributed by atoms with E-state index in [0.29, 0.717) is 6.54 Å². The van der Waals surface area contributed by atoms with E-state index in [9.17, 15) is 24.6 Å². The summed E-state index contributed by atoms with van der Waals surface area (Å²) in [5.74, 6) is -2.90. The zero-order valence-electron chi connectivity index (χ0n) is 21.4. The highest BCUT2D eigenvalue weighted by molar-refractivity contribution is 5.80. The molecule has 0 radical (unpaired) electrons. The van der Waals surface area contributed by atoms with Crippen LogP contribution in [0.4, 0.5) is 0 Å². The zero-order chi connectivity index (χ0) is 25.9. The molecule has 192 valence electrons. The van der Waals surface area contributed by atoms with Crippen molar-refractivity contribution in [3.63, 3.8) is 0 Å². The number of carbonyl (C=O) groups is 3. The minimum atomic E-state index is -1.35. The van der Waals surface area contributed by atoms with E-state index in [1.165, 1.54) is 6.92 Å². The van der Waals surface area contributed by atoms with Crippen LogP contribution in [-0.4, -0.2) is 65.4 Å². The predicted octanol–water partition coefficient (Wildman–Crippen LogP) is 3.51. The number of aliphatic carboxylic acids is 1. The van der Waals surface area contributed by atoms with Crippen molar-refractivity contribution in [2.45, 2.75) is 67.1 Å². The van der Waals surface area contributed by atoms with Crippen LogP contribution in [0.25, 0.3) is 0 Å². The number of carboxylic acids is 1. The third-order valence-corrected chi connectivity index (χ3v) is 6.05. The summed E-state index contributed by atoms with van der Waals surface area (Å²) in [6, 6.07) is 9.24. The van der Waals surface area contributed by atoms with Crippen LogP contribution in [0.5, 0.6) is 0 Å². The highest BCUT2D eigenvalue weighted by Crippen LogP contribution is 2.40. The maximum atomic E-state index is 12.7. The molecule has 3 atom stereocenters. The van der Waals surface area contributed by atoms with Crippen LogP contribution < -0.4 is 0 Å². The first kappa shape index (κ1) is 29.6. The summed E-state index contributed by atoms with van der Waals surface area (Å²) in [5.41, 5.74) is -1.59. The van der Waals surface area contributed by atoms with Crippen molar-refractivity contribution in [1.29, 1.82) is 0 Å². The van der Waals surface area contributed by atoms with Crippen LogP contribution in [0, 0.1) is 16.7 Å². The van der Waals surface area contributed by atoms with Gasteiger partial charge in [0.25, 0.3) is 0 Å². The summed E-state index contributed by atoms with van der Waals surface area (Å²) < 4.78 is 10.7. The van der Waals surface area contributed by atoms with Crippen LogP contribution in [0.2, 0.25) is 0 Å². The molecule has 1 aromatic carbocycles. The first-order valence-electron chi connectivity index (χ1n) is 11.9. The van der Waals surface area contributed by atoms with Crippen molar-refractivity contribution >= 4 is 17.9 Å². The van der Waals surface area contributed by atoms with Crippen LogP contribution in [0.3, 0.4) is 0 Å². The van der Waals surface area contributed by atoms with Gasteiger partial charge in [-0.25, -0.2) is 0 Å². The van der Waals surface area contributed by atoms with E-state index in [0.717, 1.165) is 18.7 Å². The average molecular weight is 480 g/mol. The third kappa shape index (κ3) is 9.43. The molecule has 0 aromatic heterocycles. The van der Waals surface area contributed by atoms with Gasteiger partial charge in [0.1, 0.15) is 19.3 Å².